The van der Waals surface area contributed by atoms with E-state index in [1.807, 2.05) is 32.4 Å². The van der Waals surface area contributed by atoms with Gasteiger partial charge < -0.3 is 10.6 Å². The molecule has 1 aromatic carbocycles. The van der Waals surface area contributed by atoms with Gasteiger partial charge in [-0.15, -0.1) is 0 Å². The van der Waals surface area contributed by atoms with Gasteiger partial charge in [0.1, 0.15) is 0 Å². The van der Waals surface area contributed by atoms with Crippen LogP contribution in [-0.2, 0) is 0 Å². The normalized spacial score (nSPS) is 14.4. The molecule has 0 spiro atoms. The molecule has 0 amide bonds. The molecule has 0 saturated heterocycles. The van der Waals surface area contributed by atoms with Gasteiger partial charge in [-0.25, -0.2) is 0 Å². The van der Waals surface area contributed by atoms with Crippen molar-refractivity contribution in [3.63, 3.8) is 0 Å². The molecular weight excluding hydrogens is 270 g/mol. The molecule has 0 bridgehead atoms. The zero-order valence-electron chi connectivity index (χ0n) is 12.3. The molecule has 0 saturated carbocycles. The lowest BCUT2D eigenvalue weighted by molar-refractivity contribution is 0.467. The number of rotatable bonds is 6. The Hall–Kier alpha value is -1.16. The zero-order chi connectivity index (χ0) is 14.5. The lowest BCUT2D eigenvalue weighted by Crippen LogP contribution is -2.24. The van der Waals surface area contributed by atoms with E-state index in [-0.39, 0.29) is 0 Å². The van der Waals surface area contributed by atoms with Crippen LogP contribution in [0.25, 0.3) is 10.9 Å². The molecule has 2 atom stereocenters. The van der Waals surface area contributed by atoms with E-state index in [1.54, 1.807) is 0 Å². The van der Waals surface area contributed by atoms with Crippen LogP contribution >= 0.6 is 11.6 Å². The molecule has 0 aliphatic carbocycles. The van der Waals surface area contributed by atoms with E-state index < -0.39 is 0 Å². The van der Waals surface area contributed by atoms with Gasteiger partial charge >= 0.3 is 0 Å². The highest BCUT2D eigenvalue weighted by atomic mass is 35.5. The standard InChI is InChI=1S/C16H22ClN3/c1-11(18-2)4-7-15(19-3)14-8-9-20-16-10-12(17)5-6-13(14)16/h5-6,8-11,15,18-19H,4,7H2,1-3H3. The van der Waals surface area contributed by atoms with Crippen molar-refractivity contribution in [2.75, 3.05) is 14.1 Å². The fraction of sp³-hybridized carbons (Fsp3) is 0.438. The molecule has 20 heavy (non-hydrogen) atoms. The number of hydrogen-bond acceptors (Lipinski definition) is 3. The zero-order valence-corrected chi connectivity index (χ0v) is 13.0. The summed E-state index contributed by atoms with van der Waals surface area (Å²) >= 11 is 6.04. The molecule has 1 heterocycles. The van der Waals surface area contributed by atoms with E-state index >= 15 is 0 Å². The van der Waals surface area contributed by atoms with Crippen molar-refractivity contribution in [3.05, 3.63) is 41.0 Å². The first-order valence-electron chi connectivity index (χ1n) is 7.04. The van der Waals surface area contributed by atoms with Crippen molar-refractivity contribution >= 4 is 22.5 Å². The molecule has 0 aliphatic heterocycles. The monoisotopic (exact) mass is 291 g/mol. The summed E-state index contributed by atoms with van der Waals surface area (Å²) in [5.41, 5.74) is 2.24. The molecule has 2 N–H and O–H groups in total. The number of fused-ring (bicyclic) bond motifs is 1. The molecule has 2 unspecified atom stereocenters. The maximum absolute atomic E-state index is 6.04. The van der Waals surface area contributed by atoms with E-state index in [0.29, 0.717) is 12.1 Å². The van der Waals surface area contributed by atoms with Crippen LogP contribution in [0.1, 0.15) is 31.4 Å². The van der Waals surface area contributed by atoms with Crippen LogP contribution < -0.4 is 10.6 Å². The minimum atomic E-state index is 0.331. The van der Waals surface area contributed by atoms with Crippen molar-refractivity contribution in [2.45, 2.75) is 31.8 Å². The number of nitrogens with one attached hydrogen (secondary N) is 2. The first kappa shape index (κ1) is 15.2. The lowest BCUT2D eigenvalue weighted by Gasteiger charge is -2.20. The highest BCUT2D eigenvalue weighted by molar-refractivity contribution is 6.31. The molecule has 0 fully saturated rings. The van der Waals surface area contributed by atoms with Gasteiger partial charge in [0.25, 0.3) is 0 Å². The highest BCUT2D eigenvalue weighted by Gasteiger charge is 2.14. The summed E-state index contributed by atoms with van der Waals surface area (Å²) in [6.07, 6.45) is 4.07. The third-order valence-corrected chi connectivity index (χ3v) is 4.08. The maximum atomic E-state index is 6.04. The minimum Gasteiger partial charge on any atom is -0.317 e. The summed E-state index contributed by atoms with van der Waals surface area (Å²) in [4.78, 5) is 4.41. The van der Waals surface area contributed by atoms with Crippen LogP contribution in [0.2, 0.25) is 5.02 Å². The summed E-state index contributed by atoms with van der Waals surface area (Å²) in [7, 11) is 4.01. The predicted molar refractivity (Wildman–Crippen MR) is 86.3 cm³/mol. The topological polar surface area (TPSA) is 37.0 Å². The molecule has 0 radical (unpaired) electrons. The van der Waals surface area contributed by atoms with Crippen LogP contribution in [0.4, 0.5) is 0 Å². The summed E-state index contributed by atoms with van der Waals surface area (Å²) in [5, 5.41) is 8.60. The van der Waals surface area contributed by atoms with Crippen LogP contribution in [-0.4, -0.2) is 25.1 Å². The first-order valence-corrected chi connectivity index (χ1v) is 7.42. The van der Waals surface area contributed by atoms with Gasteiger partial charge in [0.05, 0.1) is 5.52 Å². The van der Waals surface area contributed by atoms with Gasteiger partial charge in [-0.1, -0.05) is 17.7 Å². The van der Waals surface area contributed by atoms with Crippen molar-refractivity contribution in [1.82, 2.24) is 15.6 Å². The molecule has 108 valence electrons. The van der Waals surface area contributed by atoms with Gasteiger partial charge in [-0.3, -0.25) is 4.98 Å². The summed E-state index contributed by atoms with van der Waals surface area (Å²) < 4.78 is 0. The third kappa shape index (κ3) is 3.48. The number of hydrogen-bond donors (Lipinski definition) is 2. The highest BCUT2D eigenvalue weighted by Crippen LogP contribution is 2.27. The van der Waals surface area contributed by atoms with Crippen molar-refractivity contribution in [1.29, 1.82) is 0 Å². The maximum Gasteiger partial charge on any atom is 0.0720 e. The Labute approximate surface area is 125 Å². The van der Waals surface area contributed by atoms with E-state index in [0.717, 1.165) is 23.4 Å². The van der Waals surface area contributed by atoms with Crippen LogP contribution in [0.15, 0.2) is 30.5 Å². The number of nitrogens with zero attached hydrogens (tertiary/aromatic N) is 1. The van der Waals surface area contributed by atoms with Gasteiger partial charge in [0, 0.05) is 28.7 Å². The number of aromatic nitrogens is 1. The second-order valence-electron chi connectivity index (χ2n) is 5.17. The average Bonchev–Trinajstić information content (AvgIpc) is 2.47. The fourth-order valence-corrected chi connectivity index (χ4v) is 2.63. The SMILES string of the molecule is CNC(C)CCC(NC)c1ccnc2cc(Cl)ccc12. The molecule has 4 heteroatoms. The first-order chi connectivity index (χ1) is 9.65. The van der Waals surface area contributed by atoms with E-state index in [2.05, 4.69) is 34.7 Å². The quantitative estimate of drug-likeness (QED) is 0.855. The molecule has 0 aliphatic rings. The molecule has 2 aromatic rings. The summed E-state index contributed by atoms with van der Waals surface area (Å²) in [6, 6.07) is 8.86. The second-order valence-corrected chi connectivity index (χ2v) is 5.61. The van der Waals surface area contributed by atoms with E-state index in [9.17, 15) is 0 Å². The summed E-state index contributed by atoms with van der Waals surface area (Å²) in [6.45, 7) is 2.21. The third-order valence-electron chi connectivity index (χ3n) is 3.84. The Morgan fingerprint density at radius 2 is 1.95 bits per heavy atom. The van der Waals surface area contributed by atoms with Crippen LogP contribution in [0, 0.1) is 0 Å². The Kier molecular flexibility index (Phi) is 5.35. The molecule has 3 nitrogen and oxygen atoms in total. The van der Waals surface area contributed by atoms with Gasteiger partial charge in [-0.05, 0) is 57.6 Å². The minimum absolute atomic E-state index is 0.331. The number of benzene rings is 1. The van der Waals surface area contributed by atoms with Crippen molar-refractivity contribution in [2.24, 2.45) is 0 Å². The number of pyridine rings is 1. The Morgan fingerprint density at radius 1 is 1.15 bits per heavy atom. The van der Waals surface area contributed by atoms with Gasteiger partial charge in [-0.2, -0.15) is 0 Å². The van der Waals surface area contributed by atoms with Gasteiger partial charge in [0.15, 0.2) is 0 Å². The fourth-order valence-electron chi connectivity index (χ4n) is 2.46. The average molecular weight is 292 g/mol. The molecule has 1 aromatic heterocycles. The second kappa shape index (κ2) is 7.02. The van der Waals surface area contributed by atoms with Crippen molar-refractivity contribution < 1.29 is 0 Å². The Balaban J connectivity index is 2.29. The summed E-state index contributed by atoms with van der Waals surface area (Å²) in [5.74, 6) is 0. The lowest BCUT2D eigenvalue weighted by atomic mass is 9.97. The van der Waals surface area contributed by atoms with Crippen LogP contribution in [0.3, 0.4) is 0 Å². The predicted octanol–water partition coefficient (Wildman–Crippen LogP) is 3.54. The smallest absolute Gasteiger partial charge is 0.0720 e. The van der Waals surface area contributed by atoms with E-state index in [4.69, 9.17) is 11.6 Å². The van der Waals surface area contributed by atoms with Crippen molar-refractivity contribution in [3.8, 4) is 0 Å². The van der Waals surface area contributed by atoms with Gasteiger partial charge in [0.2, 0.25) is 0 Å². The largest absolute Gasteiger partial charge is 0.317 e. The number of halogens is 1. The van der Waals surface area contributed by atoms with E-state index in [1.165, 1.54) is 10.9 Å². The Bertz CT molecular complexity index is 571. The Morgan fingerprint density at radius 3 is 2.65 bits per heavy atom. The molecule has 2 rings (SSSR count). The molecular formula is C16H22ClN3. The van der Waals surface area contributed by atoms with Crippen LogP contribution in [0.5, 0.6) is 0 Å².